The zero-order valence-corrected chi connectivity index (χ0v) is 36.8. The Bertz CT molecular complexity index is 3110. The number of aromatic hydroxyl groups is 2. The lowest BCUT2D eigenvalue weighted by Gasteiger charge is -2.19. The molecule has 0 atom stereocenters. The molecule has 320 valence electrons. The van der Waals surface area contributed by atoms with Gasteiger partial charge in [-0.25, -0.2) is 0 Å². The molecule has 0 aliphatic rings. The molecule has 0 saturated heterocycles. The van der Waals surface area contributed by atoms with Crippen molar-refractivity contribution in [2.75, 3.05) is 27.4 Å². The van der Waals surface area contributed by atoms with Gasteiger partial charge in [0.25, 0.3) is 0 Å². The molecular formula is C59H48O6. The smallest absolute Gasteiger partial charge is 0.131 e. The maximum absolute atomic E-state index is 12.3. The van der Waals surface area contributed by atoms with E-state index >= 15 is 0 Å². The third kappa shape index (κ3) is 7.67. The maximum Gasteiger partial charge on any atom is 0.131 e. The van der Waals surface area contributed by atoms with Crippen LogP contribution in [0.4, 0.5) is 0 Å². The number of ether oxygens (including phenoxy) is 4. The van der Waals surface area contributed by atoms with Crippen molar-refractivity contribution in [3.8, 4) is 79.0 Å². The SMILES string of the molecule is COc1ccc(OCCCOc2ccc(OC)cc2-c2cc(C)cc(-c3c4ccccc4cc4ccccc34)c2O)c(-c2cc(C)cc(-c3c4ccccc4cc4ccccc34)c2O)c1. The van der Waals surface area contributed by atoms with Gasteiger partial charge >= 0.3 is 0 Å². The van der Waals surface area contributed by atoms with Crippen LogP contribution in [0.2, 0.25) is 0 Å². The molecule has 10 aromatic carbocycles. The summed E-state index contributed by atoms with van der Waals surface area (Å²) in [6.07, 6.45) is 0.553. The predicted molar refractivity (Wildman–Crippen MR) is 266 cm³/mol. The number of fused-ring (bicyclic) bond motifs is 4. The van der Waals surface area contributed by atoms with Gasteiger partial charge in [-0.3, -0.25) is 0 Å². The van der Waals surface area contributed by atoms with E-state index in [0.29, 0.717) is 53.8 Å². The van der Waals surface area contributed by atoms with Gasteiger partial charge in [-0.05, 0) is 141 Å². The molecule has 0 fully saturated rings. The van der Waals surface area contributed by atoms with Crippen LogP contribution in [-0.4, -0.2) is 37.6 Å². The zero-order chi connectivity index (χ0) is 44.6. The van der Waals surface area contributed by atoms with E-state index in [1.165, 1.54) is 0 Å². The van der Waals surface area contributed by atoms with E-state index in [1.807, 2.05) is 111 Å². The first-order chi connectivity index (χ1) is 31.8. The number of phenols is 2. The van der Waals surface area contributed by atoms with E-state index in [-0.39, 0.29) is 11.5 Å². The number of hydrogen-bond acceptors (Lipinski definition) is 6. The number of rotatable bonds is 12. The van der Waals surface area contributed by atoms with Crippen LogP contribution in [0.3, 0.4) is 0 Å². The highest BCUT2D eigenvalue weighted by molar-refractivity contribution is 6.15. The Morgan fingerprint density at radius 1 is 0.369 bits per heavy atom. The number of hydrogen-bond donors (Lipinski definition) is 2. The average molecular weight is 853 g/mol. The largest absolute Gasteiger partial charge is 0.507 e. The number of benzene rings is 10. The average Bonchev–Trinajstić information content (AvgIpc) is 3.33. The maximum atomic E-state index is 12.3. The third-order valence-corrected chi connectivity index (χ3v) is 12.3. The Morgan fingerprint density at radius 3 is 1.06 bits per heavy atom. The Kier molecular flexibility index (Phi) is 10.9. The summed E-state index contributed by atoms with van der Waals surface area (Å²) in [4.78, 5) is 0. The van der Waals surface area contributed by atoms with Crippen LogP contribution in [-0.2, 0) is 0 Å². The van der Waals surface area contributed by atoms with Gasteiger partial charge in [0.05, 0.1) is 27.4 Å². The van der Waals surface area contributed by atoms with Crippen molar-refractivity contribution >= 4 is 43.1 Å². The third-order valence-electron chi connectivity index (χ3n) is 12.3. The summed E-state index contributed by atoms with van der Waals surface area (Å²) >= 11 is 0. The lowest BCUT2D eigenvalue weighted by Crippen LogP contribution is -2.06. The molecule has 6 nitrogen and oxygen atoms in total. The van der Waals surface area contributed by atoms with E-state index in [2.05, 4.69) is 72.8 Å². The summed E-state index contributed by atoms with van der Waals surface area (Å²) in [6, 6.07) is 57.1. The van der Waals surface area contributed by atoms with Crippen molar-refractivity contribution in [2.24, 2.45) is 0 Å². The summed E-state index contributed by atoms with van der Waals surface area (Å²) in [7, 11) is 3.27. The normalized spacial score (nSPS) is 11.4. The van der Waals surface area contributed by atoms with Gasteiger partial charge in [-0.1, -0.05) is 97.1 Å². The molecule has 0 aliphatic heterocycles. The topological polar surface area (TPSA) is 77.4 Å². The summed E-state index contributed by atoms with van der Waals surface area (Å²) < 4.78 is 24.4. The van der Waals surface area contributed by atoms with Gasteiger partial charge in [0.2, 0.25) is 0 Å². The molecule has 65 heavy (non-hydrogen) atoms. The monoisotopic (exact) mass is 852 g/mol. The molecule has 0 spiro atoms. The van der Waals surface area contributed by atoms with Crippen molar-refractivity contribution in [1.82, 2.24) is 0 Å². The molecular weight excluding hydrogens is 805 g/mol. The Morgan fingerprint density at radius 2 is 0.708 bits per heavy atom. The van der Waals surface area contributed by atoms with Crippen molar-refractivity contribution in [2.45, 2.75) is 20.3 Å². The number of phenolic OH excluding ortho intramolecular Hbond substituents is 2. The van der Waals surface area contributed by atoms with Crippen LogP contribution in [0.25, 0.3) is 87.6 Å². The second-order valence-electron chi connectivity index (χ2n) is 16.6. The van der Waals surface area contributed by atoms with Gasteiger partial charge in [0, 0.05) is 50.9 Å². The van der Waals surface area contributed by atoms with Gasteiger partial charge in [-0.2, -0.15) is 0 Å². The van der Waals surface area contributed by atoms with E-state index in [4.69, 9.17) is 18.9 Å². The number of methoxy groups -OCH3 is 2. The van der Waals surface area contributed by atoms with Gasteiger partial charge in [0.1, 0.15) is 34.5 Å². The van der Waals surface area contributed by atoms with Gasteiger partial charge < -0.3 is 29.2 Å². The molecule has 10 aromatic rings. The highest BCUT2D eigenvalue weighted by atomic mass is 16.5. The summed E-state index contributed by atoms with van der Waals surface area (Å²) in [6.45, 7) is 4.78. The fourth-order valence-electron chi connectivity index (χ4n) is 9.33. The van der Waals surface area contributed by atoms with Crippen LogP contribution in [0.5, 0.6) is 34.5 Å². The summed E-state index contributed by atoms with van der Waals surface area (Å²) in [5, 5.41) is 33.3. The molecule has 0 radical (unpaired) electrons. The first-order valence-corrected chi connectivity index (χ1v) is 21.9. The highest BCUT2D eigenvalue weighted by Gasteiger charge is 2.22. The van der Waals surface area contributed by atoms with Gasteiger partial charge in [0.15, 0.2) is 0 Å². The van der Waals surface area contributed by atoms with Crippen molar-refractivity contribution in [3.05, 3.63) is 181 Å². The van der Waals surface area contributed by atoms with Crippen molar-refractivity contribution in [3.63, 3.8) is 0 Å². The molecule has 0 unspecified atom stereocenters. The van der Waals surface area contributed by atoms with E-state index < -0.39 is 0 Å². The molecule has 0 aliphatic carbocycles. The van der Waals surface area contributed by atoms with E-state index in [1.54, 1.807) is 14.2 Å². The quantitative estimate of drug-likeness (QED) is 0.0942. The van der Waals surface area contributed by atoms with Crippen LogP contribution in [0.1, 0.15) is 17.5 Å². The summed E-state index contributed by atoms with van der Waals surface area (Å²) in [5.41, 5.74) is 8.22. The minimum atomic E-state index is 0.168. The van der Waals surface area contributed by atoms with E-state index in [9.17, 15) is 10.2 Å². The van der Waals surface area contributed by atoms with Crippen LogP contribution >= 0.6 is 0 Å². The van der Waals surface area contributed by atoms with Crippen molar-refractivity contribution in [1.29, 1.82) is 0 Å². The molecule has 10 rings (SSSR count). The van der Waals surface area contributed by atoms with Crippen LogP contribution in [0, 0.1) is 13.8 Å². The zero-order valence-electron chi connectivity index (χ0n) is 36.8. The molecule has 6 heteroatoms. The molecule has 2 N–H and O–H groups in total. The Hall–Kier alpha value is -7.96. The molecule has 0 bridgehead atoms. The molecule has 0 heterocycles. The highest BCUT2D eigenvalue weighted by Crippen LogP contribution is 2.49. The number of aryl methyl sites for hydroxylation is 2. The first kappa shape index (κ1) is 41.1. The Balaban J connectivity index is 0.948. The molecule has 0 aromatic heterocycles. The van der Waals surface area contributed by atoms with Crippen LogP contribution < -0.4 is 18.9 Å². The van der Waals surface area contributed by atoms with Crippen LogP contribution in [0.15, 0.2) is 170 Å². The first-order valence-electron chi connectivity index (χ1n) is 21.9. The standard InChI is InChI=1S/C59H48O6/c1-36-28-50(58(60)52(30-36)56-44-18-9-5-14-38(44)32-39-15-6-10-19-45(39)56)48-34-42(62-3)22-24-54(48)64-26-13-27-65-55-25-23-43(63-4)35-49(55)51-29-37(2)31-53(59(51)61)57-46-20-11-7-16-40(46)33-41-17-8-12-21-47(41)57/h5-12,14-25,28-35,60-61H,13,26-27H2,1-4H3. The van der Waals surface area contributed by atoms with Crippen molar-refractivity contribution < 1.29 is 29.2 Å². The van der Waals surface area contributed by atoms with E-state index in [0.717, 1.165) is 87.6 Å². The second-order valence-corrected chi connectivity index (χ2v) is 16.6. The minimum absolute atomic E-state index is 0.168. The summed E-state index contributed by atoms with van der Waals surface area (Å²) in [5.74, 6) is 2.87. The molecule has 0 saturated carbocycles. The second kappa shape index (κ2) is 17.3. The lowest BCUT2D eigenvalue weighted by atomic mass is 9.88. The molecule has 0 amide bonds. The fraction of sp³-hybridized carbons (Fsp3) is 0.119. The predicted octanol–water partition coefficient (Wildman–Crippen LogP) is 14.9. The fourth-order valence-corrected chi connectivity index (χ4v) is 9.33. The Labute approximate surface area is 378 Å². The minimum Gasteiger partial charge on any atom is -0.507 e. The lowest BCUT2D eigenvalue weighted by molar-refractivity contribution is 0.248. The van der Waals surface area contributed by atoms with Gasteiger partial charge in [-0.15, -0.1) is 0 Å².